The molecule has 1 heterocycles. The van der Waals surface area contributed by atoms with E-state index in [2.05, 4.69) is 13.2 Å². The molecule has 6 nitrogen and oxygen atoms in total. The van der Waals surface area contributed by atoms with Crippen LogP contribution in [0.15, 0.2) is 24.8 Å². The summed E-state index contributed by atoms with van der Waals surface area (Å²) >= 11 is 0. The summed E-state index contributed by atoms with van der Waals surface area (Å²) in [4.78, 5) is 30.9. The Morgan fingerprint density at radius 2 is 2.17 bits per heavy atom. The van der Waals surface area contributed by atoms with Crippen molar-refractivity contribution in [2.45, 2.75) is 45.1 Å². The predicted molar refractivity (Wildman–Crippen MR) is 86.0 cm³/mol. The summed E-state index contributed by atoms with van der Waals surface area (Å²) in [7, 11) is 0. The number of esters is 1. The maximum absolute atomic E-state index is 10.6. The third-order valence-corrected chi connectivity index (χ3v) is 3.25. The minimum absolute atomic E-state index is 0.0959. The molecule has 1 aliphatic heterocycles. The molecular formula is C17H26O6. The van der Waals surface area contributed by atoms with E-state index in [4.69, 9.17) is 14.6 Å². The molecule has 1 N–H and O–H groups in total. The second kappa shape index (κ2) is 12.6. The van der Waals surface area contributed by atoms with Gasteiger partial charge in [0.05, 0.1) is 12.7 Å². The number of hydrogen-bond donors (Lipinski definition) is 1. The van der Waals surface area contributed by atoms with Crippen LogP contribution in [0, 0.1) is 5.92 Å². The minimum atomic E-state index is -0.916. The summed E-state index contributed by atoms with van der Waals surface area (Å²) in [6.07, 6.45) is 5.84. The van der Waals surface area contributed by atoms with Crippen LogP contribution in [0.4, 0.5) is 0 Å². The van der Waals surface area contributed by atoms with Crippen molar-refractivity contribution in [2.75, 3.05) is 13.2 Å². The molecule has 2 unspecified atom stereocenters. The fourth-order valence-electron chi connectivity index (χ4n) is 1.89. The predicted octanol–water partition coefficient (Wildman–Crippen LogP) is 2.53. The Labute approximate surface area is 137 Å². The van der Waals surface area contributed by atoms with Crippen LogP contribution >= 0.6 is 0 Å². The largest absolute Gasteiger partial charge is 0.478 e. The Morgan fingerprint density at radius 3 is 2.65 bits per heavy atom. The van der Waals surface area contributed by atoms with Crippen molar-refractivity contribution in [2.24, 2.45) is 5.92 Å². The monoisotopic (exact) mass is 326 g/mol. The van der Waals surface area contributed by atoms with Crippen molar-refractivity contribution in [3.63, 3.8) is 0 Å². The number of carboxylic acids is 1. The highest BCUT2D eigenvalue weighted by atomic mass is 16.5. The van der Waals surface area contributed by atoms with Gasteiger partial charge in [0.1, 0.15) is 6.29 Å². The Kier molecular flexibility index (Phi) is 11.5. The van der Waals surface area contributed by atoms with Crippen LogP contribution in [0.5, 0.6) is 0 Å². The molecule has 0 aromatic carbocycles. The first-order valence-corrected chi connectivity index (χ1v) is 7.66. The summed E-state index contributed by atoms with van der Waals surface area (Å²) < 4.78 is 10.0. The fourth-order valence-corrected chi connectivity index (χ4v) is 1.89. The smallest absolute Gasteiger partial charge is 0.331 e. The zero-order valence-corrected chi connectivity index (χ0v) is 13.7. The van der Waals surface area contributed by atoms with E-state index in [-0.39, 0.29) is 17.6 Å². The number of carbonyl (C=O) groups excluding carboxylic acids is 2. The van der Waals surface area contributed by atoms with Gasteiger partial charge < -0.3 is 19.4 Å². The van der Waals surface area contributed by atoms with Crippen LogP contribution < -0.4 is 0 Å². The first-order valence-electron chi connectivity index (χ1n) is 7.66. The van der Waals surface area contributed by atoms with Gasteiger partial charge in [-0.25, -0.2) is 9.59 Å². The molecule has 6 heteroatoms. The summed E-state index contributed by atoms with van der Waals surface area (Å²) in [5.74, 6) is -1.09. The lowest BCUT2D eigenvalue weighted by Crippen LogP contribution is -2.10. The standard InChI is InChI=1S/C9H14O3.C8H12O3/c1-3-9(11)12-7-8(2)5-4-6-10;1-6(8(9)10)5-7-3-2-4-11-7/h3,6,8H,1,4-5,7H2,2H3;7H,1-5H2,(H,9,10). The normalized spacial score (nSPS) is 17.3. The SMILES string of the molecule is C=C(CC1CCCO1)C(=O)O.C=CC(=O)OCC(C)CCC=O. The van der Waals surface area contributed by atoms with Gasteiger partial charge in [0.25, 0.3) is 0 Å². The van der Waals surface area contributed by atoms with Crippen LogP contribution in [-0.4, -0.2) is 42.6 Å². The van der Waals surface area contributed by atoms with Gasteiger partial charge in [0.15, 0.2) is 0 Å². The molecule has 0 saturated carbocycles. The van der Waals surface area contributed by atoms with Crippen LogP contribution in [0.2, 0.25) is 0 Å². The molecule has 1 saturated heterocycles. The average molecular weight is 326 g/mol. The maximum Gasteiger partial charge on any atom is 0.331 e. The van der Waals surface area contributed by atoms with Crippen molar-refractivity contribution in [3.05, 3.63) is 24.8 Å². The van der Waals surface area contributed by atoms with Gasteiger partial charge in [-0.2, -0.15) is 0 Å². The second-order valence-electron chi connectivity index (χ2n) is 5.43. The number of hydrogen-bond acceptors (Lipinski definition) is 5. The topological polar surface area (TPSA) is 89.9 Å². The van der Waals surface area contributed by atoms with E-state index in [0.29, 0.717) is 19.4 Å². The number of carbonyl (C=O) groups is 3. The lowest BCUT2D eigenvalue weighted by atomic mass is 10.1. The molecule has 0 spiro atoms. The first-order chi connectivity index (χ1) is 10.9. The molecule has 0 aliphatic carbocycles. The van der Waals surface area contributed by atoms with E-state index in [0.717, 1.165) is 38.2 Å². The van der Waals surface area contributed by atoms with E-state index in [1.807, 2.05) is 6.92 Å². The highest BCUT2D eigenvalue weighted by molar-refractivity contribution is 5.85. The van der Waals surface area contributed by atoms with Gasteiger partial charge in [-0.3, -0.25) is 0 Å². The van der Waals surface area contributed by atoms with Crippen molar-refractivity contribution in [1.29, 1.82) is 0 Å². The highest BCUT2D eigenvalue weighted by Gasteiger charge is 2.18. The third-order valence-electron chi connectivity index (χ3n) is 3.25. The molecule has 130 valence electrons. The van der Waals surface area contributed by atoms with Crippen LogP contribution in [0.1, 0.15) is 39.0 Å². The van der Waals surface area contributed by atoms with Gasteiger partial charge in [-0.05, 0) is 25.2 Å². The van der Waals surface area contributed by atoms with E-state index in [9.17, 15) is 14.4 Å². The van der Waals surface area contributed by atoms with E-state index < -0.39 is 11.9 Å². The Bertz CT molecular complexity index is 409. The van der Waals surface area contributed by atoms with Crippen molar-refractivity contribution < 1.29 is 29.0 Å². The average Bonchev–Trinajstić information content (AvgIpc) is 3.03. The van der Waals surface area contributed by atoms with Gasteiger partial charge in [0, 0.05) is 31.1 Å². The van der Waals surface area contributed by atoms with Gasteiger partial charge in [-0.1, -0.05) is 20.1 Å². The fraction of sp³-hybridized carbons (Fsp3) is 0.588. The summed E-state index contributed by atoms with van der Waals surface area (Å²) in [6, 6.07) is 0. The summed E-state index contributed by atoms with van der Waals surface area (Å²) in [6.45, 7) is 9.76. The molecule has 0 radical (unpaired) electrons. The molecule has 0 bridgehead atoms. The lowest BCUT2D eigenvalue weighted by molar-refractivity contribution is -0.139. The molecule has 23 heavy (non-hydrogen) atoms. The van der Waals surface area contributed by atoms with Gasteiger partial charge in [-0.15, -0.1) is 0 Å². The lowest BCUT2D eigenvalue weighted by Gasteiger charge is -2.08. The number of aldehydes is 1. The molecule has 1 rings (SSSR count). The van der Waals surface area contributed by atoms with Gasteiger partial charge >= 0.3 is 11.9 Å². The molecule has 2 atom stereocenters. The van der Waals surface area contributed by atoms with Crippen molar-refractivity contribution >= 4 is 18.2 Å². The maximum atomic E-state index is 10.6. The molecule has 0 amide bonds. The first kappa shape index (κ1) is 21.0. The van der Waals surface area contributed by atoms with Crippen LogP contribution in [0.3, 0.4) is 0 Å². The van der Waals surface area contributed by atoms with Crippen molar-refractivity contribution in [3.8, 4) is 0 Å². The highest BCUT2D eigenvalue weighted by Crippen LogP contribution is 2.18. The van der Waals surface area contributed by atoms with Gasteiger partial charge in [0.2, 0.25) is 0 Å². The van der Waals surface area contributed by atoms with E-state index in [1.54, 1.807) is 0 Å². The number of carboxylic acid groups (broad SMARTS) is 1. The quantitative estimate of drug-likeness (QED) is 0.398. The number of ether oxygens (including phenoxy) is 2. The second-order valence-corrected chi connectivity index (χ2v) is 5.43. The van der Waals surface area contributed by atoms with E-state index >= 15 is 0 Å². The number of aliphatic carboxylic acids is 1. The van der Waals surface area contributed by atoms with Crippen LogP contribution in [0.25, 0.3) is 0 Å². The van der Waals surface area contributed by atoms with Crippen LogP contribution in [-0.2, 0) is 23.9 Å². The Balaban J connectivity index is 0.000000422. The zero-order valence-electron chi connectivity index (χ0n) is 13.7. The molecule has 0 aromatic rings. The zero-order chi connectivity index (χ0) is 17.7. The third kappa shape index (κ3) is 11.3. The van der Waals surface area contributed by atoms with E-state index in [1.165, 1.54) is 0 Å². The Morgan fingerprint density at radius 1 is 1.48 bits per heavy atom. The minimum Gasteiger partial charge on any atom is -0.478 e. The molecule has 1 aliphatic rings. The summed E-state index contributed by atoms with van der Waals surface area (Å²) in [5.41, 5.74) is 0.247. The molecular weight excluding hydrogens is 300 g/mol. The molecule has 0 aromatic heterocycles. The van der Waals surface area contributed by atoms with Crippen molar-refractivity contribution in [1.82, 2.24) is 0 Å². The summed E-state index contributed by atoms with van der Waals surface area (Å²) in [5, 5.41) is 8.49. The Hall–Kier alpha value is -1.95. The number of rotatable bonds is 9. The molecule has 1 fully saturated rings.